The van der Waals surface area contributed by atoms with Crippen LogP contribution in [0, 0.1) is 13.8 Å². The van der Waals surface area contributed by atoms with Crippen LogP contribution in [-0.4, -0.2) is 31.9 Å². The highest BCUT2D eigenvalue weighted by Gasteiger charge is 2.16. The summed E-state index contributed by atoms with van der Waals surface area (Å²) in [6, 6.07) is 11.1. The lowest BCUT2D eigenvalue weighted by atomic mass is 10.1. The largest absolute Gasteiger partial charge is 0.485 e. The molecule has 1 N–H and O–H groups in total. The maximum Gasteiger partial charge on any atom is 0.273 e. The second-order valence-corrected chi connectivity index (χ2v) is 7.30. The standard InChI is InChI=1S/C22H23N5O3/c1-14-9-16(3)27(25-14)12-15(2)24-22(28)20-10-18(30-26-20)13-29-21-6-4-5-17-11-23-8-7-19(17)21/h4-11,15H,12-13H2,1-3H3,(H,24,28)/t15-/m1/s1. The lowest BCUT2D eigenvalue weighted by molar-refractivity contribution is 0.0926. The summed E-state index contributed by atoms with van der Waals surface area (Å²) < 4.78 is 13.0. The van der Waals surface area contributed by atoms with E-state index in [4.69, 9.17) is 9.26 Å². The molecule has 0 bridgehead atoms. The van der Waals surface area contributed by atoms with Crippen molar-refractivity contribution in [3.63, 3.8) is 0 Å². The molecule has 4 aromatic rings. The zero-order chi connectivity index (χ0) is 21.1. The molecule has 154 valence electrons. The zero-order valence-electron chi connectivity index (χ0n) is 17.1. The predicted octanol–water partition coefficient (Wildman–Crippen LogP) is 3.43. The number of nitrogens with one attached hydrogen (secondary N) is 1. The van der Waals surface area contributed by atoms with Crippen molar-refractivity contribution in [1.82, 2.24) is 25.2 Å². The predicted molar refractivity (Wildman–Crippen MR) is 111 cm³/mol. The maximum absolute atomic E-state index is 12.5. The fourth-order valence-electron chi connectivity index (χ4n) is 3.32. The third-order valence-corrected chi connectivity index (χ3v) is 4.73. The SMILES string of the molecule is Cc1cc(C)n(C[C@@H](C)NC(=O)c2cc(COc3cccc4cnccc34)on2)n1. The number of aromatic nitrogens is 4. The fraction of sp³-hybridized carbons (Fsp3) is 0.273. The molecule has 0 aliphatic heterocycles. The number of carbonyl (C=O) groups is 1. The van der Waals surface area contributed by atoms with Crippen LogP contribution in [0.4, 0.5) is 0 Å². The van der Waals surface area contributed by atoms with Gasteiger partial charge in [-0.05, 0) is 39.0 Å². The van der Waals surface area contributed by atoms with Crippen LogP contribution in [0.15, 0.2) is 53.3 Å². The van der Waals surface area contributed by atoms with Gasteiger partial charge in [0.2, 0.25) is 0 Å². The average Bonchev–Trinajstić information content (AvgIpc) is 3.32. The molecule has 0 aliphatic carbocycles. The number of amides is 1. The first-order valence-corrected chi connectivity index (χ1v) is 9.72. The minimum Gasteiger partial charge on any atom is -0.485 e. The lowest BCUT2D eigenvalue weighted by Crippen LogP contribution is -2.36. The number of ether oxygens (including phenoxy) is 1. The number of fused-ring (bicyclic) bond motifs is 1. The first-order chi connectivity index (χ1) is 14.5. The Balaban J connectivity index is 1.36. The van der Waals surface area contributed by atoms with E-state index in [0.29, 0.717) is 12.3 Å². The Bertz CT molecular complexity index is 1180. The molecule has 8 nitrogen and oxygen atoms in total. The van der Waals surface area contributed by atoms with Crippen molar-refractivity contribution >= 4 is 16.7 Å². The van der Waals surface area contributed by atoms with E-state index in [1.165, 1.54) is 0 Å². The van der Waals surface area contributed by atoms with E-state index in [-0.39, 0.29) is 24.2 Å². The second kappa shape index (κ2) is 8.36. The number of pyridine rings is 1. The summed E-state index contributed by atoms with van der Waals surface area (Å²) in [5.74, 6) is 0.892. The summed E-state index contributed by atoms with van der Waals surface area (Å²) in [6.07, 6.45) is 3.51. The first-order valence-electron chi connectivity index (χ1n) is 9.72. The Morgan fingerprint density at radius 1 is 1.27 bits per heavy atom. The van der Waals surface area contributed by atoms with Gasteiger partial charge in [-0.25, -0.2) is 0 Å². The third kappa shape index (κ3) is 4.32. The van der Waals surface area contributed by atoms with Gasteiger partial charge in [-0.1, -0.05) is 17.3 Å². The number of carbonyl (C=O) groups excluding carboxylic acids is 1. The molecule has 3 heterocycles. The van der Waals surface area contributed by atoms with Crippen LogP contribution in [0.5, 0.6) is 5.75 Å². The van der Waals surface area contributed by atoms with Gasteiger partial charge in [0, 0.05) is 41.0 Å². The van der Waals surface area contributed by atoms with Gasteiger partial charge in [-0.3, -0.25) is 14.5 Å². The average molecular weight is 405 g/mol. The normalized spacial score (nSPS) is 12.1. The van der Waals surface area contributed by atoms with Gasteiger partial charge in [-0.2, -0.15) is 5.10 Å². The highest BCUT2D eigenvalue weighted by atomic mass is 16.5. The Morgan fingerprint density at radius 2 is 2.13 bits per heavy atom. The number of nitrogens with zero attached hydrogens (tertiary/aromatic N) is 4. The van der Waals surface area contributed by atoms with Crippen molar-refractivity contribution < 1.29 is 14.1 Å². The smallest absolute Gasteiger partial charge is 0.273 e. The van der Waals surface area contributed by atoms with E-state index in [1.807, 2.05) is 55.8 Å². The Kier molecular flexibility index (Phi) is 5.47. The summed E-state index contributed by atoms with van der Waals surface area (Å²) in [7, 11) is 0. The van der Waals surface area contributed by atoms with Crippen molar-refractivity contribution in [3.8, 4) is 5.75 Å². The van der Waals surface area contributed by atoms with Crippen molar-refractivity contribution in [1.29, 1.82) is 0 Å². The van der Waals surface area contributed by atoms with E-state index in [9.17, 15) is 4.79 Å². The number of hydrogen-bond acceptors (Lipinski definition) is 6. The number of rotatable bonds is 7. The Labute approximate surface area is 173 Å². The highest BCUT2D eigenvalue weighted by molar-refractivity contribution is 5.92. The quantitative estimate of drug-likeness (QED) is 0.506. The molecule has 0 saturated carbocycles. The van der Waals surface area contributed by atoms with E-state index in [0.717, 1.165) is 27.9 Å². The van der Waals surface area contributed by atoms with Gasteiger partial charge in [0.05, 0.1) is 12.2 Å². The molecule has 4 rings (SSSR count). The summed E-state index contributed by atoms with van der Waals surface area (Å²) in [6.45, 7) is 6.61. The molecule has 1 atom stereocenters. The molecule has 0 saturated heterocycles. The van der Waals surface area contributed by atoms with E-state index < -0.39 is 0 Å². The van der Waals surface area contributed by atoms with Gasteiger partial charge in [0.25, 0.3) is 5.91 Å². The molecular weight excluding hydrogens is 382 g/mol. The topological polar surface area (TPSA) is 95.1 Å². The van der Waals surface area contributed by atoms with Crippen LogP contribution in [0.1, 0.15) is 34.6 Å². The van der Waals surface area contributed by atoms with Gasteiger partial charge in [0.15, 0.2) is 11.5 Å². The van der Waals surface area contributed by atoms with Crippen LogP contribution in [0.2, 0.25) is 0 Å². The minimum atomic E-state index is -0.296. The highest BCUT2D eigenvalue weighted by Crippen LogP contribution is 2.25. The third-order valence-electron chi connectivity index (χ3n) is 4.73. The van der Waals surface area contributed by atoms with Crippen LogP contribution in [0.3, 0.4) is 0 Å². The molecule has 30 heavy (non-hydrogen) atoms. The van der Waals surface area contributed by atoms with Crippen LogP contribution in [0.25, 0.3) is 10.8 Å². The molecule has 0 fully saturated rings. The van der Waals surface area contributed by atoms with Crippen LogP contribution < -0.4 is 10.1 Å². The molecule has 3 aromatic heterocycles. The second-order valence-electron chi connectivity index (χ2n) is 7.30. The summed E-state index contributed by atoms with van der Waals surface area (Å²) in [5.41, 5.74) is 2.23. The molecule has 0 aliphatic rings. The van der Waals surface area contributed by atoms with E-state index in [1.54, 1.807) is 18.5 Å². The summed E-state index contributed by atoms with van der Waals surface area (Å²) in [4.78, 5) is 16.6. The Hall–Kier alpha value is -3.68. The maximum atomic E-state index is 12.5. The monoisotopic (exact) mass is 405 g/mol. The van der Waals surface area contributed by atoms with Crippen molar-refractivity contribution in [3.05, 3.63) is 71.6 Å². The number of benzene rings is 1. The van der Waals surface area contributed by atoms with E-state index >= 15 is 0 Å². The molecule has 1 amide bonds. The minimum absolute atomic E-state index is 0.115. The van der Waals surface area contributed by atoms with Crippen LogP contribution >= 0.6 is 0 Å². The Morgan fingerprint density at radius 3 is 2.93 bits per heavy atom. The lowest BCUT2D eigenvalue weighted by Gasteiger charge is -2.14. The first kappa shape index (κ1) is 19.6. The molecule has 0 radical (unpaired) electrons. The van der Waals surface area contributed by atoms with E-state index in [2.05, 4.69) is 20.6 Å². The van der Waals surface area contributed by atoms with Gasteiger partial charge in [0.1, 0.15) is 12.4 Å². The summed E-state index contributed by atoms with van der Waals surface area (Å²) in [5, 5.41) is 13.2. The van der Waals surface area contributed by atoms with Crippen molar-refractivity contribution in [2.24, 2.45) is 0 Å². The molecule has 0 spiro atoms. The molecule has 0 unspecified atom stereocenters. The van der Waals surface area contributed by atoms with Crippen LogP contribution in [-0.2, 0) is 13.2 Å². The fourth-order valence-corrected chi connectivity index (χ4v) is 3.32. The summed E-state index contributed by atoms with van der Waals surface area (Å²) >= 11 is 0. The van der Waals surface area contributed by atoms with Gasteiger partial charge >= 0.3 is 0 Å². The molecule has 8 heteroatoms. The number of aryl methyl sites for hydroxylation is 2. The van der Waals surface area contributed by atoms with Crippen molar-refractivity contribution in [2.75, 3.05) is 0 Å². The molecule has 1 aromatic carbocycles. The number of hydrogen-bond donors (Lipinski definition) is 1. The van der Waals surface area contributed by atoms with Gasteiger partial charge in [-0.15, -0.1) is 0 Å². The van der Waals surface area contributed by atoms with Crippen molar-refractivity contribution in [2.45, 2.75) is 40.0 Å². The zero-order valence-corrected chi connectivity index (χ0v) is 17.1. The molecular formula is C22H23N5O3. The van der Waals surface area contributed by atoms with Gasteiger partial charge < -0.3 is 14.6 Å².